The first-order chi connectivity index (χ1) is 7.26. The predicted octanol–water partition coefficient (Wildman–Crippen LogP) is 1.89. The topological polar surface area (TPSA) is 53.2 Å². The fourth-order valence-electron chi connectivity index (χ4n) is 2.02. The van der Waals surface area contributed by atoms with E-state index >= 15 is 0 Å². The van der Waals surface area contributed by atoms with Gasteiger partial charge in [0, 0.05) is 5.56 Å². The van der Waals surface area contributed by atoms with E-state index in [0.29, 0.717) is 11.1 Å². The molecule has 74 valence electrons. The summed E-state index contributed by atoms with van der Waals surface area (Å²) in [5, 5.41) is 8.97. The number of carbonyl (C=O) groups is 1. The Labute approximate surface area is 88.1 Å². The Balaban J connectivity index is 2.58. The molecule has 0 radical (unpaired) electrons. The molecule has 0 bridgehead atoms. The van der Waals surface area contributed by atoms with Crippen LogP contribution in [0.2, 0.25) is 0 Å². The Morgan fingerprint density at radius 3 is 2.93 bits per heavy atom. The van der Waals surface area contributed by atoms with E-state index in [0.717, 1.165) is 30.4 Å². The average molecular weight is 198 g/mol. The number of amides is 1. The van der Waals surface area contributed by atoms with Gasteiger partial charge in [0.2, 0.25) is 0 Å². The molecule has 1 aromatic rings. The largest absolute Gasteiger partial charge is 0.276 e. The summed E-state index contributed by atoms with van der Waals surface area (Å²) in [6.07, 6.45) is 2.94. The molecule has 0 fully saturated rings. The van der Waals surface area contributed by atoms with Crippen molar-refractivity contribution in [2.45, 2.75) is 19.3 Å². The molecule has 0 aromatic heterocycles. The molecule has 2 rings (SSSR count). The van der Waals surface area contributed by atoms with Gasteiger partial charge in [0.15, 0.2) is 0 Å². The van der Waals surface area contributed by atoms with Crippen LogP contribution in [0.1, 0.15) is 33.5 Å². The van der Waals surface area contributed by atoms with Crippen LogP contribution in [0.15, 0.2) is 17.1 Å². The van der Waals surface area contributed by atoms with E-state index in [1.54, 1.807) is 6.07 Å². The van der Waals surface area contributed by atoms with Crippen molar-refractivity contribution in [1.82, 2.24) is 0 Å². The molecule has 1 aliphatic rings. The molecule has 0 N–H and O–H groups in total. The summed E-state index contributed by atoms with van der Waals surface area (Å²) in [6, 6.07) is 5.58. The Kier molecular flexibility index (Phi) is 2.34. The summed E-state index contributed by atoms with van der Waals surface area (Å²) in [4.78, 5) is 14.7. The highest BCUT2D eigenvalue weighted by Crippen LogP contribution is 2.26. The van der Waals surface area contributed by atoms with Crippen LogP contribution in [0.5, 0.6) is 0 Å². The van der Waals surface area contributed by atoms with Gasteiger partial charge in [-0.05, 0) is 49.2 Å². The number of aliphatic imine (C=N–C) groups is 1. The summed E-state index contributed by atoms with van der Waals surface area (Å²) < 4.78 is 0. The number of rotatable bonds is 1. The van der Waals surface area contributed by atoms with E-state index < -0.39 is 0 Å². The monoisotopic (exact) mass is 198 g/mol. The zero-order valence-electron chi connectivity index (χ0n) is 8.29. The first kappa shape index (κ1) is 9.60. The number of carbonyl (C=O) groups excluding carboxylic acids is 1. The number of aryl methyl sites for hydroxylation is 1. The first-order valence-corrected chi connectivity index (χ1v) is 4.83. The van der Waals surface area contributed by atoms with Crippen LogP contribution in [-0.4, -0.2) is 12.6 Å². The standard InChI is InChI=1S/C12H10N2O/c1-14-12(15)9-5-8-3-2-4-11(8)10(6-9)7-13/h5-6H,1-4H2. The van der Waals surface area contributed by atoms with E-state index in [-0.39, 0.29) is 5.91 Å². The number of fused-ring (bicyclic) bond motifs is 1. The molecule has 1 aromatic carbocycles. The third-order valence-corrected chi connectivity index (χ3v) is 2.73. The van der Waals surface area contributed by atoms with Gasteiger partial charge in [-0.3, -0.25) is 4.79 Å². The second-order valence-electron chi connectivity index (χ2n) is 3.59. The van der Waals surface area contributed by atoms with Gasteiger partial charge in [-0.2, -0.15) is 5.26 Å². The lowest BCUT2D eigenvalue weighted by Gasteiger charge is -2.04. The van der Waals surface area contributed by atoms with Crippen molar-refractivity contribution in [1.29, 1.82) is 5.26 Å². The lowest BCUT2D eigenvalue weighted by atomic mass is 10.00. The maximum Gasteiger partial charge on any atom is 0.276 e. The van der Waals surface area contributed by atoms with Crippen molar-refractivity contribution in [2.75, 3.05) is 0 Å². The minimum absolute atomic E-state index is 0.360. The molecule has 1 amide bonds. The number of hydrogen-bond donors (Lipinski definition) is 0. The van der Waals surface area contributed by atoms with Gasteiger partial charge in [-0.25, -0.2) is 4.99 Å². The molecule has 0 atom stereocenters. The zero-order chi connectivity index (χ0) is 10.8. The second-order valence-corrected chi connectivity index (χ2v) is 3.59. The molecule has 0 heterocycles. The van der Waals surface area contributed by atoms with Crippen molar-refractivity contribution in [2.24, 2.45) is 4.99 Å². The van der Waals surface area contributed by atoms with Gasteiger partial charge >= 0.3 is 0 Å². The molecule has 0 saturated heterocycles. The number of hydrogen-bond acceptors (Lipinski definition) is 2. The van der Waals surface area contributed by atoms with E-state index in [4.69, 9.17) is 5.26 Å². The van der Waals surface area contributed by atoms with E-state index in [1.165, 1.54) is 0 Å². The summed E-state index contributed by atoms with van der Waals surface area (Å²) in [6.45, 7) is 3.20. The van der Waals surface area contributed by atoms with Crippen molar-refractivity contribution < 1.29 is 4.79 Å². The molecule has 0 unspecified atom stereocenters. The molecular formula is C12H10N2O. The van der Waals surface area contributed by atoms with Crippen LogP contribution in [-0.2, 0) is 12.8 Å². The normalized spacial score (nSPS) is 13.0. The molecular weight excluding hydrogens is 188 g/mol. The van der Waals surface area contributed by atoms with E-state index in [1.807, 2.05) is 6.07 Å². The van der Waals surface area contributed by atoms with Gasteiger partial charge in [0.25, 0.3) is 5.91 Å². The number of nitrogens with zero attached hydrogens (tertiary/aromatic N) is 2. The van der Waals surface area contributed by atoms with Crippen LogP contribution in [0, 0.1) is 11.3 Å². The third-order valence-electron chi connectivity index (χ3n) is 2.73. The third kappa shape index (κ3) is 1.55. The van der Waals surface area contributed by atoms with Gasteiger partial charge in [0.05, 0.1) is 11.6 Å². The molecule has 3 nitrogen and oxygen atoms in total. The molecule has 0 saturated carbocycles. The van der Waals surface area contributed by atoms with E-state index in [2.05, 4.69) is 17.8 Å². The van der Waals surface area contributed by atoms with Crippen molar-refractivity contribution in [3.63, 3.8) is 0 Å². The number of nitriles is 1. The van der Waals surface area contributed by atoms with Crippen molar-refractivity contribution >= 4 is 12.6 Å². The predicted molar refractivity (Wildman–Crippen MR) is 57.1 cm³/mol. The maximum atomic E-state index is 11.3. The fraction of sp³-hybridized carbons (Fsp3) is 0.250. The first-order valence-electron chi connectivity index (χ1n) is 4.83. The van der Waals surface area contributed by atoms with Gasteiger partial charge < -0.3 is 0 Å². The summed E-state index contributed by atoms with van der Waals surface area (Å²) >= 11 is 0. The SMILES string of the molecule is C=NC(=O)c1cc(C#N)c2c(c1)CCC2. The van der Waals surface area contributed by atoms with Crippen LogP contribution >= 0.6 is 0 Å². The Morgan fingerprint density at radius 1 is 1.47 bits per heavy atom. The van der Waals surface area contributed by atoms with Crippen LogP contribution in [0.25, 0.3) is 0 Å². The Hall–Kier alpha value is -1.95. The van der Waals surface area contributed by atoms with Crippen molar-refractivity contribution in [3.05, 3.63) is 34.4 Å². The molecule has 0 spiro atoms. The highest BCUT2D eigenvalue weighted by atomic mass is 16.1. The summed E-state index contributed by atoms with van der Waals surface area (Å²) in [5.41, 5.74) is 3.29. The Morgan fingerprint density at radius 2 is 2.27 bits per heavy atom. The van der Waals surface area contributed by atoms with Crippen molar-refractivity contribution in [3.8, 4) is 6.07 Å². The molecule has 15 heavy (non-hydrogen) atoms. The summed E-state index contributed by atoms with van der Waals surface area (Å²) in [7, 11) is 0. The van der Waals surface area contributed by atoms with Gasteiger partial charge in [-0.1, -0.05) is 0 Å². The van der Waals surface area contributed by atoms with Crippen LogP contribution in [0.3, 0.4) is 0 Å². The molecule has 1 aliphatic carbocycles. The van der Waals surface area contributed by atoms with Gasteiger partial charge in [-0.15, -0.1) is 0 Å². The highest BCUT2D eigenvalue weighted by molar-refractivity contribution is 5.97. The maximum absolute atomic E-state index is 11.3. The van der Waals surface area contributed by atoms with Gasteiger partial charge in [0.1, 0.15) is 0 Å². The second kappa shape index (κ2) is 3.66. The number of benzene rings is 1. The van der Waals surface area contributed by atoms with Crippen LogP contribution in [0.4, 0.5) is 0 Å². The smallest absolute Gasteiger partial charge is 0.267 e. The average Bonchev–Trinajstić information content (AvgIpc) is 2.74. The minimum Gasteiger partial charge on any atom is -0.267 e. The minimum atomic E-state index is -0.360. The lowest BCUT2D eigenvalue weighted by Crippen LogP contribution is -1.98. The molecule has 3 heteroatoms. The fourth-order valence-corrected chi connectivity index (χ4v) is 2.02. The van der Waals surface area contributed by atoms with Crippen LogP contribution < -0.4 is 0 Å². The summed E-state index contributed by atoms with van der Waals surface area (Å²) in [5.74, 6) is -0.360. The highest BCUT2D eigenvalue weighted by Gasteiger charge is 2.17. The molecule has 0 aliphatic heterocycles. The lowest BCUT2D eigenvalue weighted by molar-refractivity contribution is 0.100. The van der Waals surface area contributed by atoms with E-state index in [9.17, 15) is 4.79 Å². The Bertz CT molecular complexity index is 483. The quantitative estimate of drug-likeness (QED) is 0.647. The zero-order valence-corrected chi connectivity index (χ0v) is 8.29.